The molecule has 0 unspecified atom stereocenters. The molecule has 2 aromatic carbocycles. The smallest absolute Gasteiger partial charge is 0.325 e. The van der Waals surface area contributed by atoms with Crippen molar-refractivity contribution < 1.29 is 14.3 Å². The Morgan fingerprint density at radius 1 is 0.960 bits per heavy atom. The standard InChI is InChI=1S/C20H18ClNO3/c1-24-15-9-7-14(8-10-15)18-11-12-19(22(18)13-20(23)25-2)16-5-3-4-6-17(16)21/h3-12H,13H2,1-2H3. The van der Waals surface area contributed by atoms with Gasteiger partial charge in [0.05, 0.1) is 19.9 Å². The number of rotatable bonds is 5. The van der Waals surface area contributed by atoms with Crippen molar-refractivity contribution in [1.82, 2.24) is 4.57 Å². The van der Waals surface area contributed by atoms with Gasteiger partial charge in [0.25, 0.3) is 0 Å². The largest absolute Gasteiger partial charge is 0.497 e. The van der Waals surface area contributed by atoms with Gasteiger partial charge in [-0.15, -0.1) is 0 Å². The summed E-state index contributed by atoms with van der Waals surface area (Å²) in [6, 6.07) is 19.2. The van der Waals surface area contributed by atoms with E-state index in [1.807, 2.05) is 65.2 Å². The van der Waals surface area contributed by atoms with Crippen molar-refractivity contribution in [3.05, 3.63) is 65.7 Å². The molecule has 0 aliphatic carbocycles. The third-order valence-corrected chi connectivity index (χ3v) is 4.36. The molecule has 4 nitrogen and oxygen atoms in total. The van der Waals surface area contributed by atoms with E-state index in [0.29, 0.717) is 5.02 Å². The molecule has 128 valence electrons. The molecule has 1 heterocycles. The highest BCUT2D eigenvalue weighted by atomic mass is 35.5. The molecule has 0 atom stereocenters. The molecule has 0 radical (unpaired) electrons. The summed E-state index contributed by atoms with van der Waals surface area (Å²) in [5, 5.41) is 0.632. The van der Waals surface area contributed by atoms with Crippen LogP contribution in [0.5, 0.6) is 5.75 Å². The normalized spacial score (nSPS) is 10.5. The van der Waals surface area contributed by atoms with Crippen molar-refractivity contribution in [1.29, 1.82) is 0 Å². The molecule has 3 rings (SSSR count). The number of carbonyl (C=O) groups is 1. The quantitative estimate of drug-likeness (QED) is 0.625. The molecule has 3 aromatic rings. The van der Waals surface area contributed by atoms with Crippen LogP contribution in [0.1, 0.15) is 0 Å². The third-order valence-electron chi connectivity index (χ3n) is 4.03. The number of benzene rings is 2. The monoisotopic (exact) mass is 355 g/mol. The van der Waals surface area contributed by atoms with Crippen LogP contribution < -0.4 is 4.74 Å². The van der Waals surface area contributed by atoms with E-state index in [1.54, 1.807) is 7.11 Å². The number of hydrogen-bond acceptors (Lipinski definition) is 3. The molecule has 0 saturated carbocycles. The van der Waals surface area contributed by atoms with Crippen molar-refractivity contribution in [2.75, 3.05) is 14.2 Å². The van der Waals surface area contributed by atoms with E-state index < -0.39 is 0 Å². The number of aromatic nitrogens is 1. The van der Waals surface area contributed by atoms with Gasteiger partial charge in [0.1, 0.15) is 12.3 Å². The van der Waals surface area contributed by atoms with E-state index in [0.717, 1.165) is 28.3 Å². The van der Waals surface area contributed by atoms with Crippen LogP contribution >= 0.6 is 11.6 Å². The highest BCUT2D eigenvalue weighted by Gasteiger charge is 2.16. The first-order valence-electron chi connectivity index (χ1n) is 7.79. The van der Waals surface area contributed by atoms with E-state index >= 15 is 0 Å². The fourth-order valence-corrected chi connectivity index (χ4v) is 2.98. The Morgan fingerprint density at radius 3 is 2.28 bits per heavy atom. The fraction of sp³-hybridized carbons (Fsp3) is 0.150. The lowest BCUT2D eigenvalue weighted by Gasteiger charge is -2.14. The number of nitrogens with zero attached hydrogens (tertiary/aromatic N) is 1. The Morgan fingerprint density at radius 2 is 1.64 bits per heavy atom. The maximum Gasteiger partial charge on any atom is 0.325 e. The van der Waals surface area contributed by atoms with Gasteiger partial charge in [0, 0.05) is 16.3 Å². The molecule has 0 spiro atoms. The van der Waals surface area contributed by atoms with Crippen LogP contribution in [-0.4, -0.2) is 24.8 Å². The Bertz CT molecular complexity index is 884. The van der Waals surface area contributed by atoms with E-state index in [4.69, 9.17) is 21.1 Å². The van der Waals surface area contributed by atoms with Crippen molar-refractivity contribution >= 4 is 17.6 Å². The summed E-state index contributed by atoms with van der Waals surface area (Å²) < 4.78 is 12.0. The summed E-state index contributed by atoms with van der Waals surface area (Å²) in [5.41, 5.74) is 3.61. The van der Waals surface area contributed by atoms with Gasteiger partial charge in [-0.05, 0) is 48.0 Å². The number of ether oxygens (including phenoxy) is 2. The summed E-state index contributed by atoms with van der Waals surface area (Å²) in [6.45, 7) is 0.103. The second-order valence-electron chi connectivity index (χ2n) is 5.47. The molecular weight excluding hydrogens is 338 g/mol. The maximum absolute atomic E-state index is 11.9. The SMILES string of the molecule is COC(=O)Cn1c(-c2ccc(OC)cc2)ccc1-c1ccccc1Cl. The van der Waals surface area contributed by atoms with Crippen LogP contribution in [0.3, 0.4) is 0 Å². The fourth-order valence-electron chi connectivity index (χ4n) is 2.75. The van der Waals surface area contributed by atoms with Gasteiger partial charge >= 0.3 is 5.97 Å². The molecule has 0 fully saturated rings. The van der Waals surface area contributed by atoms with Crippen LogP contribution in [0.25, 0.3) is 22.5 Å². The molecule has 0 amide bonds. The zero-order chi connectivity index (χ0) is 17.8. The van der Waals surface area contributed by atoms with Gasteiger partial charge in [0.15, 0.2) is 0 Å². The van der Waals surface area contributed by atoms with Crippen molar-refractivity contribution in [2.24, 2.45) is 0 Å². The van der Waals surface area contributed by atoms with Crippen LogP contribution in [0, 0.1) is 0 Å². The highest BCUT2D eigenvalue weighted by Crippen LogP contribution is 2.33. The van der Waals surface area contributed by atoms with E-state index in [9.17, 15) is 4.79 Å². The molecule has 0 aliphatic rings. The molecule has 5 heteroatoms. The van der Waals surface area contributed by atoms with Gasteiger partial charge < -0.3 is 14.0 Å². The maximum atomic E-state index is 11.9. The van der Waals surface area contributed by atoms with E-state index in [-0.39, 0.29) is 12.5 Å². The average molecular weight is 356 g/mol. The number of hydrogen-bond donors (Lipinski definition) is 0. The first-order chi connectivity index (χ1) is 12.1. The zero-order valence-electron chi connectivity index (χ0n) is 14.0. The molecule has 1 aromatic heterocycles. The molecule has 0 bridgehead atoms. The van der Waals surface area contributed by atoms with Crippen molar-refractivity contribution in [2.45, 2.75) is 6.54 Å². The van der Waals surface area contributed by atoms with Crippen LogP contribution in [0.2, 0.25) is 5.02 Å². The Kier molecular flexibility index (Phi) is 5.10. The van der Waals surface area contributed by atoms with E-state index in [1.165, 1.54) is 7.11 Å². The minimum Gasteiger partial charge on any atom is -0.497 e. The van der Waals surface area contributed by atoms with Gasteiger partial charge in [-0.1, -0.05) is 29.8 Å². The Hall–Kier alpha value is -2.72. The van der Waals surface area contributed by atoms with Gasteiger partial charge in [0.2, 0.25) is 0 Å². The van der Waals surface area contributed by atoms with Gasteiger partial charge in [-0.2, -0.15) is 0 Å². The molecule has 0 aliphatic heterocycles. The molecule has 0 N–H and O–H groups in total. The molecular formula is C20H18ClNO3. The number of halogens is 1. The minimum absolute atomic E-state index is 0.103. The lowest BCUT2D eigenvalue weighted by Crippen LogP contribution is -2.13. The van der Waals surface area contributed by atoms with Crippen LogP contribution in [0.15, 0.2) is 60.7 Å². The zero-order valence-corrected chi connectivity index (χ0v) is 14.8. The predicted molar refractivity (Wildman–Crippen MR) is 98.9 cm³/mol. The molecule has 0 saturated heterocycles. The first kappa shape index (κ1) is 17.1. The van der Waals surface area contributed by atoms with Crippen LogP contribution in [-0.2, 0) is 16.1 Å². The summed E-state index contributed by atoms with van der Waals surface area (Å²) in [4.78, 5) is 11.9. The topological polar surface area (TPSA) is 40.5 Å². The Labute approximate surface area is 151 Å². The van der Waals surface area contributed by atoms with Gasteiger partial charge in [-0.3, -0.25) is 4.79 Å². The number of carbonyl (C=O) groups excluding carboxylic acids is 1. The summed E-state index contributed by atoms with van der Waals surface area (Å²) in [5.74, 6) is 0.459. The number of methoxy groups -OCH3 is 2. The average Bonchev–Trinajstić information content (AvgIpc) is 3.05. The summed E-state index contributed by atoms with van der Waals surface area (Å²) in [7, 11) is 3.01. The summed E-state index contributed by atoms with van der Waals surface area (Å²) >= 11 is 6.35. The first-order valence-corrected chi connectivity index (χ1v) is 8.17. The Balaban J connectivity index is 2.12. The van der Waals surface area contributed by atoms with Gasteiger partial charge in [-0.25, -0.2) is 0 Å². The second kappa shape index (κ2) is 7.45. The van der Waals surface area contributed by atoms with E-state index in [2.05, 4.69) is 0 Å². The number of esters is 1. The van der Waals surface area contributed by atoms with Crippen molar-refractivity contribution in [3.63, 3.8) is 0 Å². The predicted octanol–water partition coefficient (Wildman–Crippen LogP) is 4.66. The second-order valence-corrected chi connectivity index (χ2v) is 5.88. The molecule has 25 heavy (non-hydrogen) atoms. The highest BCUT2D eigenvalue weighted by molar-refractivity contribution is 6.33. The van der Waals surface area contributed by atoms with Crippen molar-refractivity contribution in [3.8, 4) is 28.3 Å². The summed E-state index contributed by atoms with van der Waals surface area (Å²) in [6.07, 6.45) is 0. The minimum atomic E-state index is -0.320. The van der Waals surface area contributed by atoms with Crippen LogP contribution in [0.4, 0.5) is 0 Å². The lowest BCUT2D eigenvalue weighted by molar-refractivity contribution is -0.141. The third kappa shape index (κ3) is 3.54. The lowest BCUT2D eigenvalue weighted by atomic mass is 10.1.